The van der Waals surface area contributed by atoms with Gasteiger partial charge >= 0.3 is 6.09 Å². The van der Waals surface area contributed by atoms with Gasteiger partial charge in [0.25, 0.3) is 0 Å². The van der Waals surface area contributed by atoms with Crippen LogP contribution >= 0.6 is 23.2 Å². The van der Waals surface area contributed by atoms with E-state index in [1.54, 1.807) is 12.1 Å². The molecule has 0 aromatic heterocycles. The number of alkyl carbamates (subject to hydrolysis) is 1. The van der Waals surface area contributed by atoms with E-state index in [1.807, 2.05) is 57.2 Å². The number of hydrogen-bond acceptors (Lipinski definition) is 3. The molecule has 1 atom stereocenters. The molecule has 0 bridgehead atoms. The van der Waals surface area contributed by atoms with E-state index in [1.165, 1.54) is 0 Å². The molecule has 0 saturated heterocycles. The van der Waals surface area contributed by atoms with E-state index in [-0.39, 0.29) is 6.04 Å². The van der Waals surface area contributed by atoms with Crippen LogP contribution < -0.4 is 10.6 Å². The number of carbonyl (C=O) groups is 1. The van der Waals surface area contributed by atoms with E-state index in [9.17, 15) is 4.79 Å². The van der Waals surface area contributed by atoms with Crippen molar-refractivity contribution in [1.82, 2.24) is 5.32 Å². The first-order valence-corrected chi connectivity index (χ1v) is 8.73. The van der Waals surface area contributed by atoms with Crippen LogP contribution in [0.25, 0.3) is 0 Å². The Bertz CT molecular complexity index is 712. The van der Waals surface area contributed by atoms with Gasteiger partial charge in [0.05, 0.1) is 6.04 Å². The van der Waals surface area contributed by atoms with Crippen molar-refractivity contribution in [3.8, 4) is 0 Å². The van der Waals surface area contributed by atoms with Gasteiger partial charge in [-0.05, 0) is 62.7 Å². The highest BCUT2D eigenvalue weighted by molar-refractivity contribution is 6.30. The summed E-state index contributed by atoms with van der Waals surface area (Å²) < 4.78 is 5.29. The molecule has 6 heteroatoms. The molecule has 2 aromatic carbocycles. The Morgan fingerprint density at radius 2 is 1.76 bits per heavy atom. The van der Waals surface area contributed by atoms with Gasteiger partial charge in [0.2, 0.25) is 0 Å². The van der Waals surface area contributed by atoms with Crippen LogP contribution in [-0.2, 0) is 4.74 Å². The lowest BCUT2D eigenvalue weighted by Gasteiger charge is -2.24. The second-order valence-electron chi connectivity index (χ2n) is 6.64. The quantitative estimate of drug-likeness (QED) is 0.702. The van der Waals surface area contributed by atoms with Gasteiger partial charge in [-0.25, -0.2) is 4.79 Å². The Morgan fingerprint density at radius 3 is 2.36 bits per heavy atom. The molecule has 2 aromatic rings. The predicted molar refractivity (Wildman–Crippen MR) is 104 cm³/mol. The normalized spacial score (nSPS) is 12.4. The number of carbonyl (C=O) groups excluding carboxylic acids is 1. The van der Waals surface area contributed by atoms with Gasteiger partial charge in [-0.15, -0.1) is 0 Å². The third kappa shape index (κ3) is 6.85. The van der Waals surface area contributed by atoms with Gasteiger partial charge in [-0.3, -0.25) is 0 Å². The first-order valence-electron chi connectivity index (χ1n) is 7.97. The molecule has 0 heterocycles. The van der Waals surface area contributed by atoms with E-state index >= 15 is 0 Å². The van der Waals surface area contributed by atoms with Crippen molar-refractivity contribution in [2.45, 2.75) is 32.4 Å². The molecule has 25 heavy (non-hydrogen) atoms. The summed E-state index contributed by atoms with van der Waals surface area (Å²) in [6, 6.07) is 14.7. The van der Waals surface area contributed by atoms with E-state index in [2.05, 4.69) is 10.6 Å². The van der Waals surface area contributed by atoms with Gasteiger partial charge in [-0.1, -0.05) is 35.3 Å². The van der Waals surface area contributed by atoms with E-state index in [0.29, 0.717) is 16.6 Å². The minimum atomic E-state index is -0.542. The number of amides is 1. The highest BCUT2D eigenvalue weighted by Gasteiger charge is 2.18. The molecule has 0 aliphatic rings. The van der Waals surface area contributed by atoms with Crippen molar-refractivity contribution >= 4 is 35.0 Å². The summed E-state index contributed by atoms with van der Waals surface area (Å²) in [6.45, 7) is 5.82. The fourth-order valence-electron chi connectivity index (χ4n) is 2.22. The summed E-state index contributed by atoms with van der Waals surface area (Å²) >= 11 is 12.0. The van der Waals surface area contributed by atoms with Crippen LogP contribution in [0.15, 0.2) is 48.5 Å². The molecule has 0 aliphatic heterocycles. The van der Waals surface area contributed by atoms with Crippen LogP contribution in [0.1, 0.15) is 32.4 Å². The molecule has 1 amide bonds. The van der Waals surface area contributed by atoms with Crippen molar-refractivity contribution in [2.24, 2.45) is 0 Å². The number of rotatable bonds is 5. The number of benzene rings is 2. The lowest BCUT2D eigenvalue weighted by atomic mass is 10.1. The molecule has 4 nitrogen and oxygen atoms in total. The van der Waals surface area contributed by atoms with Crippen LogP contribution in [0, 0.1) is 0 Å². The molecule has 134 valence electrons. The molecular formula is C19H22Cl2N2O2. The van der Waals surface area contributed by atoms with Crippen molar-refractivity contribution in [1.29, 1.82) is 0 Å². The standard InChI is InChI=1S/C19H22Cl2N2O2/c1-19(2,3)25-18(24)22-12-17(13-5-4-6-15(21)11-13)23-16-9-7-14(20)8-10-16/h4-11,17,23H,12H2,1-3H3,(H,22,24)/t17-/m0/s1. The second kappa shape index (κ2) is 8.45. The molecule has 0 fully saturated rings. The topological polar surface area (TPSA) is 50.4 Å². The molecule has 0 saturated carbocycles. The van der Waals surface area contributed by atoms with Crippen LogP contribution in [0.3, 0.4) is 0 Å². The monoisotopic (exact) mass is 380 g/mol. The van der Waals surface area contributed by atoms with Crippen LogP contribution in [-0.4, -0.2) is 18.2 Å². The largest absolute Gasteiger partial charge is 0.444 e. The van der Waals surface area contributed by atoms with Crippen molar-refractivity contribution in [3.63, 3.8) is 0 Å². The number of nitrogens with one attached hydrogen (secondary N) is 2. The van der Waals surface area contributed by atoms with Gasteiger partial charge < -0.3 is 15.4 Å². The Labute approximate surface area is 158 Å². The summed E-state index contributed by atoms with van der Waals surface area (Å²) in [6.07, 6.45) is -0.461. The summed E-state index contributed by atoms with van der Waals surface area (Å²) in [5.41, 5.74) is 1.30. The van der Waals surface area contributed by atoms with E-state index < -0.39 is 11.7 Å². The van der Waals surface area contributed by atoms with Gasteiger partial charge in [0, 0.05) is 22.3 Å². The zero-order chi connectivity index (χ0) is 18.4. The molecule has 2 rings (SSSR count). The molecular weight excluding hydrogens is 359 g/mol. The zero-order valence-electron chi connectivity index (χ0n) is 14.5. The molecule has 2 N–H and O–H groups in total. The Balaban J connectivity index is 2.12. The van der Waals surface area contributed by atoms with Crippen LogP contribution in [0.5, 0.6) is 0 Å². The summed E-state index contributed by atoms with van der Waals surface area (Å²) in [5, 5.41) is 7.48. The summed E-state index contributed by atoms with van der Waals surface area (Å²) in [5.74, 6) is 0. The number of halogens is 2. The van der Waals surface area contributed by atoms with E-state index in [4.69, 9.17) is 27.9 Å². The smallest absolute Gasteiger partial charge is 0.407 e. The molecule has 0 radical (unpaired) electrons. The van der Waals surface area contributed by atoms with Crippen molar-refractivity contribution in [2.75, 3.05) is 11.9 Å². The van der Waals surface area contributed by atoms with Crippen molar-refractivity contribution < 1.29 is 9.53 Å². The zero-order valence-corrected chi connectivity index (χ0v) is 16.0. The van der Waals surface area contributed by atoms with Gasteiger partial charge in [-0.2, -0.15) is 0 Å². The fourth-order valence-corrected chi connectivity index (χ4v) is 2.55. The third-order valence-electron chi connectivity index (χ3n) is 3.29. The minimum Gasteiger partial charge on any atom is -0.444 e. The van der Waals surface area contributed by atoms with E-state index in [0.717, 1.165) is 11.3 Å². The lowest BCUT2D eigenvalue weighted by Crippen LogP contribution is -2.36. The average Bonchev–Trinajstić information content (AvgIpc) is 2.51. The maximum Gasteiger partial charge on any atom is 0.407 e. The fraction of sp³-hybridized carbons (Fsp3) is 0.316. The number of ether oxygens (including phenoxy) is 1. The Hall–Kier alpha value is -1.91. The summed E-state index contributed by atoms with van der Waals surface area (Å²) in [7, 11) is 0. The predicted octanol–water partition coefficient (Wildman–Crippen LogP) is 5.67. The second-order valence-corrected chi connectivity index (χ2v) is 7.51. The highest BCUT2D eigenvalue weighted by atomic mass is 35.5. The average molecular weight is 381 g/mol. The SMILES string of the molecule is CC(C)(C)OC(=O)NC[C@H](Nc1ccc(Cl)cc1)c1cccc(Cl)c1. The van der Waals surface area contributed by atoms with Crippen LogP contribution in [0.2, 0.25) is 10.0 Å². The molecule has 0 aliphatic carbocycles. The van der Waals surface area contributed by atoms with Gasteiger partial charge in [0.15, 0.2) is 0 Å². The maximum absolute atomic E-state index is 12.0. The van der Waals surface area contributed by atoms with Crippen LogP contribution in [0.4, 0.5) is 10.5 Å². The van der Waals surface area contributed by atoms with Crippen molar-refractivity contribution in [3.05, 3.63) is 64.1 Å². The third-order valence-corrected chi connectivity index (χ3v) is 3.77. The Kier molecular flexibility index (Phi) is 6.57. The molecule has 0 unspecified atom stereocenters. The lowest BCUT2D eigenvalue weighted by molar-refractivity contribution is 0.0525. The number of hydrogen-bond donors (Lipinski definition) is 2. The summed E-state index contributed by atoms with van der Waals surface area (Å²) in [4.78, 5) is 12.0. The first kappa shape index (κ1) is 19.4. The number of anilines is 1. The van der Waals surface area contributed by atoms with Gasteiger partial charge in [0.1, 0.15) is 5.60 Å². The first-order chi connectivity index (χ1) is 11.7. The molecule has 0 spiro atoms. The Morgan fingerprint density at radius 1 is 1.08 bits per heavy atom. The highest BCUT2D eigenvalue weighted by Crippen LogP contribution is 2.23. The minimum absolute atomic E-state index is 0.174. The maximum atomic E-state index is 12.0.